The Morgan fingerprint density at radius 2 is 1.52 bits per heavy atom. The summed E-state index contributed by atoms with van der Waals surface area (Å²) in [4.78, 5) is 5.85. The van der Waals surface area contributed by atoms with Gasteiger partial charge < -0.3 is 18.9 Å². The van der Waals surface area contributed by atoms with Crippen molar-refractivity contribution in [1.29, 1.82) is 0 Å². The topological polar surface area (TPSA) is 49.8 Å². The molecule has 0 amide bonds. The molecule has 0 atom stereocenters. The SMILES string of the molecule is CCOc1ccc(-c2sc(C)nc2-c2cc(OC)c(OC)c(OC)c2)cc1. The first-order chi connectivity index (χ1) is 13.1. The minimum absolute atomic E-state index is 0.568. The van der Waals surface area contributed by atoms with Gasteiger partial charge in [-0.05, 0) is 55.8 Å². The van der Waals surface area contributed by atoms with E-state index >= 15 is 0 Å². The highest BCUT2D eigenvalue weighted by Gasteiger charge is 2.19. The van der Waals surface area contributed by atoms with E-state index in [9.17, 15) is 0 Å². The molecule has 1 aromatic heterocycles. The molecule has 0 saturated carbocycles. The van der Waals surface area contributed by atoms with Crippen LogP contribution in [0.4, 0.5) is 0 Å². The third-order valence-electron chi connectivity index (χ3n) is 4.10. The Balaban J connectivity index is 2.11. The Morgan fingerprint density at radius 1 is 0.889 bits per heavy atom. The summed E-state index contributed by atoms with van der Waals surface area (Å²) in [6.07, 6.45) is 0. The van der Waals surface area contributed by atoms with E-state index in [1.54, 1.807) is 32.7 Å². The predicted molar refractivity (Wildman–Crippen MR) is 109 cm³/mol. The molecule has 3 rings (SSSR count). The minimum atomic E-state index is 0.568. The third-order valence-corrected chi connectivity index (χ3v) is 5.12. The van der Waals surface area contributed by atoms with Crippen molar-refractivity contribution in [2.24, 2.45) is 0 Å². The molecule has 2 aromatic carbocycles. The third kappa shape index (κ3) is 3.85. The summed E-state index contributed by atoms with van der Waals surface area (Å²) in [6, 6.07) is 11.9. The van der Waals surface area contributed by atoms with E-state index in [1.807, 2.05) is 38.1 Å². The number of methoxy groups -OCH3 is 3. The molecule has 142 valence electrons. The van der Waals surface area contributed by atoms with Crippen LogP contribution in [0, 0.1) is 6.92 Å². The van der Waals surface area contributed by atoms with Crippen LogP contribution in [0.15, 0.2) is 36.4 Å². The lowest BCUT2D eigenvalue weighted by molar-refractivity contribution is 0.324. The molecule has 0 bridgehead atoms. The summed E-state index contributed by atoms with van der Waals surface area (Å²) >= 11 is 1.65. The molecule has 0 saturated heterocycles. The van der Waals surface area contributed by atoms with E-state index in [4.69, 9.17) is 23.9 Å². The van der Waals surface area contributed by atoms with Crippen molar-refractivity contribution < 1.29 is 18.9 Å². The molecule has 5 nitrogen and oxygen atoms in total. The van der Waals surface area contributed by atoms with Crippen LogP contribution in [0.5, 0.6) is 23.0 Å². The van der Waals surface area contributed by atoms with E-state index in [-0.39, 0.29) is 0 Å². The summed E-state index contributed by atoms with van der Waals surface area (Å²) in [5.41, 5.74) is 2.89. The number of aryl methyl sites for hydroxylation is 1. The zero-order valence-corrected chi connectivity index (χ0v) is 17.0. The average molecular weight is 385 g/mol. The van der Waals surface area contributed by atoms with Crippen molar-refractivity contribution in [3.63, 3.8) is 0 Å². The maximum Gasteiger partial charge on any atom is 0.203 e. The van der Waals surface area contributed by atoms with Crippen molar-refractivity contribution in [3.8, 4) is 44.7 Å². The average Bonchev–Trinajstić information content (AvgIpc) is 3.09. The molecule has 0 fully saturated rings. The molecule has 0 N–H and O–H groups in total. The highest BCUT2D eigenvalue weighted by Crippen LogP contribution is 2.44. The standard InChI is InChI=1S/C21H23NO4S/c1-6-26-16-9-7-14(8-10-16)21-19(22-13(2)27-21)15-11-17(23-3)20(25-5)18(12-15)24-4/h7-12H,6H2,1-5H3. The van der Waals surface area contributed by atoms with Crippen molar-refractivity contribution in [3.05, 3.63) is 41.4 Å². The van der Waals surface area contributed by atoms with Gasteiger partial charge in [-0.3, -0.25) is 0 Å². The largest absolute Gasteiger partial charge is 0.494 e. The zero-order valence-electron chi connectivity index (χ0n) is 16.2. The van der Waals surface area contributed by atoms with Gasteiger partial charge in [0.05, 0.1) is 43.5 Å². The second-order valence-corrected chi connectivity index (χ2v) is 6.99. The molecule has 3 aromatic rings. The van der Waals surface area contributed by atoms with Gasteiger partial charge >= 0.3 is 0 Å². The number of hydrogen-bond donors (Lipinski definition) is 0. The summed E-state index contributed by atoms with van der Waals surface area (Å²) in [5.74, 6) is 2.64. The molecular weight excluding hydrogens is 362 g/mol. The summed E-state index contributed by atoms with van der Waals surface area (Å²) in [7, 11) is 4.82. The van der Waals surface area contributed by atoms with E-state index in [0.29, 0.717) is 23.9 Å². The lowest BCUT2D eigenvalue weighted by atomic mass is 10.1. The lowest BCUT2D eigenvalue weighted by Gasteiger charge is -2.14. The first-order valence-electron chi connectivity index (χ1n) is 8.62. The number of thiazole rings is 1. The Kier molecular flexibility index (Phi) is 5.86. The normalized spacial score (nSPS) is 10.6. The molecule has 0 unspecified atom stereocenters. The molecule has 6 heteroatoms. The van der Waals surface area contributed by atoms with E-state index < -0.39 is 0 Å². The summed E-state index contributed by atoms with van der Waals surface area (Å²) in [5, 5.41) is 0.989. The van der Waals surface area contributed by atoms with Crippen LogP contribution in [0.3, 0.4) is 0 Å². The van der Waals surface area contributed by atoms with Gasteiger partial charge in [-0.15, -0.1) is 11.3 Å². The molecule has 27 heavy (non-hydrogen) atoms. The van der Waals surface area contributed by atoms with Crippen LogP contribution in [0.1, 0.15) is 11.9 Å². The first-order valence-corrected chi connectivity index (χ1v) is 9.44. The van der Waals surface area contributed by atoms with Crippen molar-refractivity contribution in [2.75, 3.05) is 27.9 Å². The van der Waals surface area contributed by atoms with Crippen LogP contribution >= 0.6 is 11.3 Å². The predicted octanol–water partition coefficient (Wildman–Crippen LogP) is 5.21. The van der Waals surface area contributed by atoms with Gasteiger partial charge in [0.15, 0.2) is 11.5 Å². The fourth-order valence-electron chi connectivity index (χ4n) is 2.91. The maximum atomic E-state index is 5.54. The Morgan fingerprint density at radius 3 is 2.04 bits per heavy atom. The highest BCUT2D eigenvalue weighted by atomic mass is 32.1. The van der Waals surface area contributed by atoms with Crippen LogP contribution in [-0.2, 0) is 0 Å². The minimum Gasteiger partial charge on any atom is -0.494 e. The molecule has 0 aliphatic carbocycles. The van der Waals surface area contributed by atoms with Crippen molar-refractivity contribution >= 4 is 11.3 Å². The first kappa shape index (κ1) is 19.0. The van der Waals surface area contributed by atoms with Crippen LogP contribution in [-0.4, -0.2) is 32.9 Å². The quantitative estimate of drug-likeness (QED) is 0.559. The number of aromatic nitrogens is 1. The van der Waals surface area contributed by atoms with E-state index in [2.05, 4.69) is 12.1 Å². The van der Waals surface area contributed by atoms with Gasteiger partial charge in [-0.2, -0.15) is 0 Å². The highest BCUT2D eigenvalue weighted by molar-refractivity contribution is 7.15. The van der Waals surface area contributed by atoms with Gasteiger partial charge in [-0.1, -0.05) is 0 Å². The van der Waals surface area contributed by atoms with Crippen molar-refractivity contribution in [2.45, 2.75) is 13.8 Å². The summed E-state index contributed by atoms with van der Waals surface area (Å²) < 4.78 is 21.9. The second kappa shape index (κ2) is 8.31. The molecule has 0 aliphatic heterocycles. The Bertz CT molecular complexity index is 893. The van der Waals surface area contributed by atoms with E-state index in [0.717, 1.165) is 32.5 Å². The molecule has 0 aliphatic rings. The number of rotatable bonds is 7. The van der Waals surface area contributed by atoms with Gasteiger partial charge in [0.1, 0.15) is 5.75 Å². The van der Waals surface area contributed by atoms with E-state index in [1.165, 1.54) is 0 Å². The second-order valence-electron chi connectivity index (χ2n) is 5.78. The van der Waals surface area contributed by atoms with Crippen LogP contribution in [0.2, 0.25) is 0 Å². The molecule has 0 radical (unpaired) electrons. The molecule has 0 spiro atoms. The van der Waals surface area contributed by atoms with Gasteiger partial charge in [0.25, 0.3) is 0 Å². The van der Waals surface area contributed by atoms with Gasteiger partial charge in [-0.25, -0.2) is 4.98 Å². The number of hydrogen-bond acceptors (Lipinski definition) is 6. The fraction of sp³-hybridized carbons (Fsp3) is 0.286. The Labute approximate surface area is 163 Å². The van der Waals surface area contributed by atoms with Gasteiger partial charge in [0.2, 0.25) is 5.75 Å². The van der Waals surface area contributed by atoms with Crippen molar-refractivity contribution in [1.82, 2.24) is 4.98 Å². The molecule has 1 heterocycles. The number of benzene rings is 2. The number of nitrogens with zero attached hydrogens (tertiary/aromatic N) is 1. The fourth-order valence-corrected chi connectivity index (χ4v) is 3.85. The maximum absolute atomic E-state index is 5.54. The summed E-state index contributed by atoms with van der Waals surface area (Å²) in [6.45, 7) is 4.63. The van der Waals surface area contributed by atoms with Crippen LogP contribution in [0.25, 0.3) is 21.7 Å². The Hall–Kier alpha value is -2.73. The molecular formula is C21H23NO4S. The number of ether oxygens (including phenoxy) is 4. The monoisotopic (exact) mass is 385 g/mol. The zero-order chi connectivity index (χ0) is 19.4. The lowest BCUT2D eigenvalue weighted by Crippen LogP contribution is -1.96. The smallest absolute Gasteiger partial charge is 0.203 e. The van der Waals surface area contributed by atoms with Gasteiger partial charge in [0, 0.05) is 5.56 Å². The van der Waals surface area contributed by atoms with Crippen LogP contribution < -0.4 is 18.9 Å².